The summed E-state index contributed by atoms with van der Waals surface area (Å²) >= 11 is 0. The predicted molar refractivity (Wildman–Crippen MR) is 45.2 cm³/mol. The van der Waals surface area contributed by atoms with Gasteiger partial charge in [-0.05, 0) is 12.3 Å². The first-order valence-electron chi connectivity index (χ1n) is 4.39. The van der Waals surface area contributed by atoms with E-state index in [1.165, 1.54) is 19.3 Å². The SMILES string of the molecule is CCCC.C[C@H]1CCOC1. The van der Waals surface area contributed by atoms with Gasteiger partial charge in [-0.25, -0.2) is 0 Å². The van der Waals surface area contributed by atoms with Gasteiger partial charge >= 0.3 is 0 Å². The van der Waals surface area contributed by atoms with E-state index in [4.69, 9.17) is 4.74 Å². The first-order valence-corrected chi connectivity index (χ1v) is 4.39. The smallest absolute Gasteiger partial charge is 0.0492 e. The summed E-state index contributed by atoms with van der Waals surface area (Å²) in [5.74, 6) is 0.824. The molecule has 1 aliphatic heterocycles. The summed E-state index contributed by atoms with van der Waals surface area (Å²) in [5.41, 5.74) is 0. The zero-order chi connectivity index (χ0) is 7.82. The van der Waals surface area contributed by atoms with E-state index in [1.807, 2.05) is 0 Å². The van der Waals surface area contributed by atoms with E-state index in [2.05, 4.69) is 20.8 Å². The highest BCUT2D eigenvalue weighted by Crippen LogP contribution is 2.09. The van der Waals surface area contributed by atoms with Crippen molar-refractivity contribution in [1.29, 1.82) is 0 Å². The number of unbranched alkanes of at least 4 members (excludes halogenated alkanes) is 1. The summed E-state index contributed by atoms with van der Waals surface area (Å²) in [6, 6.07) is 0. The van der Waals surface area contributed by atoms with Crippen LogP contribution in [0.15, 0.2) is 0 Å². The van der Waals surface area contributed by atoms with Gasteiger partial charge < -0.3 is 4.74 Å². The zero-order valence-corrected chi connectivity index (χ0v) is 7.52. The molecule has 1 heterocycles. The Labute approximate surface area is 64.8 Å². The van der Waals surface area contributed by atoms with Gasteiger partial charge in [0.05, 0.1) is 0 Å². The molecule has 1 atom stereocenters. The fourth-order valence-electron chi connectivity index (χ4n) is 0.652. The van der Waals surface area contributed by atoms with E-state index in [1.54, 1.807) is 0 Å². The molecule has 0 spiro atoms. The van der Waals surface area contributed by atoms with E-state index in [9.17, 15) is 0 Å². The molecule has 1 fully saturated rings. The Hall–Kier alpha value is -0.0400. The summed E-state index contributed by atoms with van der Waals surface area (Å²) in [6.45, 7) is 8.55. The average molecular weight is 144 g/mol. The van der Waals surface area contributed by atoms with Crippen LogP contribution in [0.2, 0.25) is 0 Å². The van der Waals surface area contributed by atoms with Crippen molar-refractivity contribution in [1.82, 2.24) is 0 Å². The third-order valence-electron chi connectivity index (χ3n) is 1.66. The van der Waals surface area contributed by atoms with Crippen LogP contribution in [-0.4, -0.2) is 13.2 Å². The first kappa shape index (κ1) is 9.96. The highest BCUT2D eigenvalue weighted by molar-refractivity contribution is 4.55. The van der Waals surface area contributed by atoms with Crippen LogP contribution in [0, 0.1) is 5.92 Å². The summed E-state index contributed by atoms with van der Waals surface area (Å²) in [4.78, 5) is 0. The van der Waals surface area contributed by atoms with E-state index in [0.717, 1.165) is 19.1 Å². The van der Waals surface area contributed by atoms with Crippen molar-refractivity contribution in [3.63, 3.8) is 0 Å². The third-order valence-corrected chi connectivity index (χ3v) is 1.66. The highest BCUT2D eigenvalue weighted by Gasteiger charge is 2.07. The Kier molecular flexibility index (Phi) is 7.04. The Morgan fingerprint density at radius 2 is 1.90 bits per heavy atom. The van der Waals surface area contributed by atoms with Crippen LogP contribution in [-0.2, 0) is 4.74 Å². The Balaban J connectivity index is 0.000000180. The van der Waals surface area contributed by atoms with E-state index in [0.29, 0.717) is 0 Å². The number of ether oxygens (including phenoxy) is 1. The molecule has 1 heteroatoms. The lowest BCUT2D eigenvalue weighted by molar-refractivity contribution is 0.188. The van der Waals surface area contributed by atoms with E-state index in [-0.39, 0.29) is 0 Å². The normalized spacial score (nSPS) is 23.7. The largest absolute Gasteiger partial charge is 0.381 e. The molecule has 1 saturated heterocycles. The monoisotopic (exact) mass is 144 g/mol. The van der Waals surface area contributed by atoms with Gasteiger partial charge in [0, 0.05) is 13.2 Å². The molecule has 1 rings (SSSR count). The second kappa shape index (κ2) is 7.07. The molecule has 10 heavy (non-hydrogen) atoms. The first-order chi connectivity index (χ1) is 4.81. The maximum absolute atomic E-state index is 5.06. The lowest BCUT2D eigenvalue weighted by atomic mass is 10.2. The Bertz CT molecular complexity index is 53.7. The molecule has 0 aromatic heterocycles. The molecule has 0 saturated carbocycles. The lowest BCUT2D eigenvalue weighted by Crippen LogP contribution is -1.88. The minimum absolute atomic E-state index is 0.824. The highest BCUT2D eigenvalue weighted by atomic mass is 16.5. The van der Waals surface area contributed by atoms with Gasteiger partial charge in [0.15, 0.2) is 0 Å². The third kappa shape index (κ3) is 6.09. The minimum Gasteiger partial charge on any atom is -0.381 e. The van der Waals surface area contributed by atoms with Gasteiger partial charge in [0.25, 0.3) is 0 Å². The maximum atomic E-state index is 5.06. The molecule has 62 valence electrons. The van der Waals surface area contributed by atoms with Crippen molar-refractivity contribution in [2.45, 2.75) is 40.0 Å². The van der Waals surface area contributed by atoms with Gasteiger partial charge in [-0.3, -0.25) is 0 Å². The van der Waals surface area contributed by atoms with Crippen molar-refractivity contribution in [3.8, 4) is 0 Å². The van der Waals surface area contributed by atoms with E-state index >= 15 is 0 Å². The minimum atomic E-state index is 0.824. The fraction of sp³-hybridized carbons (Fsp3) is 1.00. The van der Waals surface area contributed by atoms with Crippen molar-refractivity contribution in [2.24, 2.45) is 5.92 Å². The number of rotatable bonds is 1. The van der Waals surface area contributed by atoms with Crippen LogP contribution in [0.4, 0.5) is 0 Å². The molecule has 0 bridgehead atoms. The quantitative estimate of drug-likeness (QED) is 0.550. The van der Waals surface area contributed by atoms with Crippen molar-refractivity contribution in [3.05, 3.63) is 0 Å². The molecule has 0 N–H and O–H groups in total. The second-order valence-corrected chi connectivity index (χ2v) is 2.97. The summed E-state index contributed by atoms with van der Waals surface area (Å²) < 4.78 is 5.06. The molecule has 0 aliphatic carbocycles. The van der Waals surface area contributed by atoms with Crippen molar-refractivity contribution < 1.29 is 4.74 Å². The molecule has 0 unspecified atom stereocenters. The van der Waals surface area contributed by atoms with Crippen LogP contribution < -0.4 is 0 Å². The molecular formula is C9H20O. The molecule has 0 amide bonds. The van der Waals surface area contributed by atoms with Crippen LogP contribution in [0.3, 0.4) is 0 Å². The molecule has 1 aliphatic rings. The van der Waals surface area contributed by atoms with Crippen LogP contribution in [0.25, 0.3) is 0 Å². The van der Waals surface area contributed by atoms with Gasteiger partial charge in [-0.2, -0.15) is 0 Å². The zero-order valence-electron chi connectivity index (χ0n) is 7.52. The van der Waals surface area contributed by atoms with E-state index < -0.39 is 0 Å². The second-order valence-electron chi connectivity index (χ2n) is 2.97. The van der Waals surface area contributed by atoms with Crippen LogP contribution in [0.1, 0.15) is 40.0 Å². The molecule has 0 radical (unpaired) electrons. The summed E-state index contributed by atoms with van der Waals surface area (Å²) in [6.07, 6.45) is 3.90. The number of hydrogen-bond acceptors (Lipinski definition) is 1. The predicted octanol–water partition coefficient (Wildman–Crippen LogP) is 2.85. The van der Waals surface area contributed by atoms with Gasteiger partial charge in [-0.15, -0.1) is 0 Å². The molecule has 0 aromatic rings. The summed E-state index contributed by atoms with van der Waals surface area (Å²) in [7, 11) is 0. The maximum Gasteiger partial charge on any atom is 0.0492 e. The topological polar surface area (TPSA) is 9.23 Å². The standard InChI is InChI=1S/C5H10O.C4H10/c1-5-2-3-6-4-5;1-3-4-2/h5H,2-4H2,1H3;3-4H2,1-2H3/t5-;/m0./s1. The molecular weight excluding hydrogens is 124 g/mol. The van der Waals surface area contributed by atoms with Crippen LogP contribution >= 0.6 is 0 Å². The fourth-order valence-corrected chi connectivity index (χ4v) is 0.652. The van der Waals surface area contributed by atoms with Gasteiger partial charge in [-0.1, -0.05) is 33.6 Å². The van der Waals surface area contributed by atoms with Gasteiger partial charge in [0.2, 0.25) is 0 Å². The average Bonchev–Trinajstić information content (AvgIpc) is 2.40. The van der Waals surface area contributed by atoms with Crippen LogP contribution in [0.5, 0.6) is 0 Å². The molecule has 0 aromatic carbocycles. The number of hydrogen-bond donors (Lipinski definition) is 0. The lowest BCUT2D eigenvalue weighted by Gasteiger charge is -1.89. The van der Waals surface area contributed by atoms with Crippen molar-refractivity contribution in [2.75, 3.05) is 13.2 Å². The summed E-state index contributed by atoms with van der Waals surface area (Å²) in [5, 5.41) is 0. The Morgan fingerprint density at radius 3 is 2.00 bits per heavy atom. The Morgan fingerprint density at radius 1 is 1.30 bits per heavy atom. The van der Waals surface area contributed by atoms with Crippen molar-refractivity contribution >= 4 is 0 Å². The molecule has 1 nitrogen and oxygen atoms in total. The van der Waals surface area contributed by atoms with Gasteiger partial charge in [0.1, 0.15) is 0 Å².